The first-order valence-electron chi connectivity index (χ1n) is 9.40. The fraction of sp³-hybridized carbons (Fsp3) is 0.100. The largest absolute Gasteiger partial charge is 0.595 e. The fourth-order valence-corrected chi connectivity index (χ4v) is 4.61. The lowest BCUT2D eigenvalue weighted by Gasteiger charge is -2.13. The summed E-state index contributed by atoms with van der Waals surface area (Å²) < 4.78 is 1.63. The van der Waals surface area contributed by atoms with Gasteiger partial charge < -0.3 is 10.5 Å². The van der Waals surface area contributed by atoms with Crippen LogP contribution >= 0.6 is 46.1 Å². The minimum absolute atomic E-state index is 0.00749. The molecule has 0 bridgehead atoms. The van der Waals surface area contributed by atoms with Gasteiger partial charge in [0, 0.05) is 24.5 Å². The summed E-state index contributed by atoms with van der Waals surface area (Å²) in [6, 6.07) is 9.25. The van der Waals surface area contributed by atoms with Crippen molar-refractivity contribution in [1.82, 2.24) is 14.6 Å². The van der Waals surface area contributed by atoms with E-state index in [1.165, 1.54) is 28.7 Å². The maximum absolute atomic E-state index is 12.9. The van der Waals surface area contributed by atoms with E-state index in [0.717, 1.165) is 11.3 Å². The molecule has 1 atom stereocenters. The summed E-state index contributed by atoms with van der Waals surface area (Å²) >= 11 is 19.0. The Morgan fingerprint density at radius 2 is 1.91 bits per heavy atom. The highest BCUT2D eigenvalue weighted by Gasteiger charge is 2.16. The second kappa shape index (κ2) is 9.74. The number of quaternary nitrogens is 1. The number of amides is 1. The second-order valence-electron chi connectivity index (χ2n) is 6.84. The zero-order valence-electron chi connectivity index (χ0n) is 16.5. The Bertz CT molecular complexity index is 1470. The fourth-order valence-electron chi connectivity index (χ4n) is 3.09. The molecule has 0 aliphatic rings. The molecule has 1 amide bonds. The van der Waals surface area contributed by atoms with Crippen molar-refractivity contribution in [2.75, 3.05) is 5.32 Å². The Labute approximate surface area is 205 Å². The van der Waals surface area contributed by atoms with E-state index in [-0.39, 0.29) is 45.1 Å². The van der Waals surface area contributed by atoms with Crippen molar-refractivity contribution >= 4 is 74.5 Å². The van der Waals surface area contributed by atoms with Crippen molar-refractivity contribution in [2.45, 2.75) is 12.8 Å². The van der Waals surface area contributed by atoms with Crippen LogP contribution < -0.4 is 20.6 Å². The number of para-hydroxylation sites is 1. The number of carbonyl (C=O) groups excluding carboxylic acids is 1. The molecule has 0 aliphatic heterocycles. The average Bonchev–Trinajstić information content (AvgIpc) is 3.31. The van der Waals surface area contributed by atoms with Gasteiger partial charge in [0.15, 0.2) is 5.69 Å². The first kappa shape index (κ1) is 23.6. The maximum Gasteiger partial charge on any atom is 0.275 e. The number of aryl methyl sites for hydroxylation is 1. The van der Waals surface area contributed by atoms with Crippen LogP contribution in [0, 0.1) is 5.21 Å². The number of halogens is 3. The Morgan fingerprint density at radius 1 is 1.18 bits per heavy atom. The number of hydrogen-bond acceptors (Lipinski definition) is 7. The van der Waals surface area contributed by atoms with Crippen LogP contribution in [0.3, 0.4) is 0 Å². The van der Waals surface area contributed by atoms with Gasteiger partial charge in [0.2, 0.25) is 10.9 Å². The van der Waals surface area contributed by atoms with E-state index < -0.39 is 5.23 Å². The van der Waals surface area contributed by atoms with Crippen LogP contribution in [0.1, 0.15) is 17.8 Å². The predicted octanol–water partition coefficient (Wildman–Crippen LogP) is 2.63. The van der Waals surface area contributed by atoms with E-state index in [2.05, 4.69) is 15.5 Å². The Balaban J connectivity index is 1.56. The summed E-state index contributed by atoms with van der Waals surface area (Å²) in [5.74, 6) is -0.0512. The Hall–Kier alpha value is -2.57. The van der Waals surface area contributed by atoms with Gasteiger partial charge in [0.25, 0.3) is 5.56 Å². The molecule has 0 saturated carbocycles. The van der Waals surface area contributed by atoms with Gasteiger partial charge in [-0.2, -0.15) is 5.23 Å². The normalized spacial score (nSPS) is 12.9. The van der Waals surface area contributed by atoms with Crippen molar-refractivity contribution in [2.24, 2.45) is 0 Å². The maximum atomic E-state index is 12.9. The van der Waals surface area contributed by atoms with E-state index in [4.69, 9.17) is 34.8 Å². The van der Waals surface area contributed by atoms with Crippen LogP contribution in [0.5, 0.6) is 0 Å². The van der Waals surface area contributed by atoms with Crippen LogP contribution in [-0.2, 0) is 11.2 Å². The van der Waals surface area contributed by atoms with Gasteiger partial charge in [-0.3, -0.25) is 9.59 Å². The molecule has 0 radical (unpaired) electrons. The molecule has 170 valence electrons. The first-order valence-corrected chi connectivity index (χ1v) is 11.3. The van der Waals surface area contributed by atoms with E-state index >= 15 is 0 Å². The number of rotatable bonds is 6. The molecule has 4 aromatic rings. The lowest BCUT2D eigenvalue weighted by atomic mass is 10.2. The van der Waals surface area contributed by atoms with Crippen molar-refractivity contribution in [3.05, 3.63) is 82.9 Å². The van der Waals surface area contributed by atoms with Gasteiger partial charge in [0.05, 0.1) is 25.3 Å². The summed E-state index contributed by atoms with van der Waals surface area (Å²) in [6.07, 6.45) is 1.66. The first-order chi connectivity index (χ1) is 15.7. The van der Waals surface area contributed by atoms with Crippen LogP contribution in [0.4, 0.5) is 11.4 Å². The molecule has 13 heteroatoms. The van der Waals surface area contributed by atoms with E-state index in [1.54, 1.807) is 18.2 Å². The molecule has 2 aromatic heterocycles. The number of aromatic nitrogens is 3. The summed E-state index contributed by atoms with van der Waals surface area (Å²) in [6.45, 7) is 0. The van der Waals surface area contributed by atoms with Gasteiger partial charge in [-0.25, -0.2) is 9.61 Å². The molecule has 4 rings (SSSR count). The summed E-state index contributed by atoms with van der Waals surface area (Å²) in [5.41, 5.74) is 0.414. The van der Waals surface area contributed by atoms with Crippen molar-refractivity contribution in [3.8, 4) is 0 Å². The van der Waals surface area contributed by atoms with Crippen LogP contribution in [0.25, 0.3) is 11.0 Å². The molecule has 0 saturated heterocycles. The van der Waals surface area contributed by atoms with Gasteiger partial charge in [0.1, 0.15) is 5.82 Å². The number of hydrogen-bond donors (Lipinski definition) is 3. The molecule has 2 aromatic carbocycles. The minimum atomic E-state index is -1.09. The number of carbonyl (C=O) groups is 1. The van der Waals surface area contributed by atoms with E-state index in [0.29, 0.717) is 26.6 Å². The van der Waals surface area contributed by atoms with E-state index in [9.17, 15) is 20.0 Å². The summed E-state index contributed by atoms with van der Waals surface area (Å²) in [5, 5.41) is 31.1. The zero-order valence-corrected chi connectivity index (χ0v) is 19.6. The molecule has 0 spiro atoms. The third-order valence-electron chi connectivity index (χ3n) is 4.65. The van der Waals surface area contributed by atoms with Gasteiger partial charge in [-0.1, -0.05) is 58.3 Å². The highest BCUT2D eigenvalue weighted by Crippen LogP contribution is 2.32. The molecule has 0 aliphatic carbocycles. The molecular formula is C20H14Cl3N5O4S. The van der Waals surface area contributed by atoms with E-state index in [1.807, 2.05) is 0 Å². The number of benzene rings is 2. The predicted molar refractivity (Wildman–Crippen MR) is 127 cm³/mol. The van der Waals surface area contributed by atoms with Crippen molar-refractivity contribution in [1.29, 1.82) is 0 Å². The van der Waals surface area contributed by atoms with Gasteiger partial charge >= 0.3 is 0 Å². The standard InChI is InChI=1S/C20H14Cl3N5O4S/c21-11-8-13(23)14(9-12(11)22)24-18(29)6-5-17-25-26-20-27(17)19(30)16(33-20)7-10-3-1-2-4-15(10)28(31)32/h1-4,7-9,28,31H,5-6H2,(H,24,29)/b16-7+. The highest BCUT2D eigenvalue weighted by atomic mass is 35.5. The third kappa shape index (κ3) is 5.02. The third-order valence-corrected chi connectivity index (χ3v) is 6.65. The SMILES string of the molecule is O=C(CCc1nnc2s/c(=C/c3ccccc3[NH+]([O-])O)c(=O)n12)Nc1cc(Cl)c(Cl)cc1Cl. The van der Waals surface area contributed by atoms with Gasteiger partial charge in [-0.05, 0) is 24.3 Å². The molecule has 3 N–H and O–H groups in total. The molecule has 33 heavy (non-hydrogen) atoms. The summed E-state index contributed by atoms with van der Waals surface area (Å²) in [4.78, 5) is 25.6. The molecular weight excluding hydrogens is 513 g/mol. The lowest BCUT2D eigenvalue weighted by Crippen LogP contribution is -2.99. The van der Waals surface area contributed by atoms with Crippen molar-refractivity contribution < 1.29 is 15.2 Å². The Kier molecular flexibility index (Phi) is 6.96. The second-order valence-corrected chi connectivity index (χ2v) is 9.07. The number of nitrogens with one attached hydrogen (secondary N) is 2. The Morgan fingerprint density at radius 3 is 2.67 bits per heavy atom. The van der Waals surface area contributed by atoms with Crippen molar-refractivity contribution in [3.63, 3.8) is 0 Å². The minimum Gasteiger partial charge on any atom is -0.595 e. The zero-order chi connectivity index (χ0) is 23.7. The number of thiazole rings is 1. The highest BCUT2D eigenvalue weighted by molar-refractivity contribution is 7.15. The molecule has 9 nitrogen and oxygen atoms in total. The van der Waals surface area contributed by atoms with Crippen LogP contribution in [-0.4, -0.2) is 25.7 Å². The van der Waals surface area contributed by atoms with Gasteiger partial charge in [-0.15, -0.1) is 10.2 Å². The topological polar surface area (TPSA) is 124 Å². The smallest absolute Gasteiger partial charge is 0.275 e. The molecule has 1 unspecified atom stereocenters. The number of nitrogens with zero attached hydrogens (tertiary/aromatic N) is 3. The molecule has 2 heterocycles. The van der Waals surface area contributed by atoms with Crippen LogP contribution in [0.15, 0.2) is 41.2 Å². The lowest BCUT2D eigenvalue weighted by molar-refractivity contribution is -0.991. The quantitative estimate of drug-likeness (QED) is 0.262. The average molecular weight is 527 g/mol. The molecule has 0 fully saturated rings. The summed E-state index contributed by atoms with van der Waals surface area (Å²) in [7, 11) is 0. The number of fused-ring (bicyclic) bond motifs is 1. The number of anilines is 1. The van der Waals surface area contributed by atoms with Crippen LogP contribution in [0.2, 0.25) is 15.1 Å². The monoisotopic (exact) mass is 525 g/mol.